The molecule has 0 aliphatic carbocycles. The summed E-state index contributed by atoms with van der Waals surface area (Å²) in [5, 5.41) is 0. The lowest BCUT2D eigenvalue weighted by atomic mass is 10.1. The molecule has 0 saturated carbocycles. The van der Waals surface area contributed by atoms with Crippen LogP contribution in [0.15, 0.2) is 72.8 Å². The first-order chi connectivity index (χ1) is 17.3. The zero-order valence-corrected chi connectivity index (χ0v) is 19.8. The van der Waals surface area contributed by atoms with Gasteiger partial charge < -0.3 is 9.47 Å². The molecule has 0 aliphatic rings. The Labute approximate surface area is 207 Å². The van der Waals surface area contributed by atoms with Gasteiger partial charge in [-0.3, -0.25) is 40.9 Å². The van der Waals surface area contributed by atoms with Gasteiger partial charge in [0, 0.05) is 11.1 Å². The zero-order valence-electron chi connectivity index (χ0n) is 19.8. The number of hydrazine groups is 2. The minimum absolute atomic E-state index is 0.210. The molecule has 4 N–H and O–H groups in total. The van der Waals surface area contributed by atoms with Crippen molar-refractivity contribution in [1.29, 1.82) is 0 Å². The van der Waals surface area contributed by atoms with Crippen LogP contribution in [0.2, 0.25) is 0 Å². The quantitative estimate of drug-likeness (QED) is 0.357. The minimum atomic E-state index is -0.576. The maximum Gasteiger partial charge on any atom is 0.276 e. The number of amides is 4. The number of aryl methyl sites for hydroxylation is 2. The second kappa shape index (κ2) is 12.6. The molecule has 3 aromatic rings. The molecular weight excluding hydrogens is 464 g/mol. The van der Waals surface area contributed by atoms with E-state index in [9.17, 15) is 19.2 Å². The topological polar surface area (TPSA) is 135 Å². The molecule has 0 spiro atoms. The van der Waals surface area contributed by atoms with Crippen LogP contribution in [0.5, 0.6) is 11.5 Å². The number of nitrogens with one attached hydrogen (secondary N) is 4. The average molecular weight is 491 g/mol. The first-order valence-corrected chi connectivity index (χ1v) is 11.0. The highest BCUT2D eigenvalue weighted by Crippen LogP contribution is 2.12. The van der Waals surface area contributed by atoms with E-state index in [1.54, 1.807) is 24.3 Å². The lowest BCUT2D eigenvalue weighted by Crippen LogP contribution is -2.44. The Morgan fingerprint density at radius 1 is 0.583 bits per heavy atom. The van der Waals surface area contributed by atoms with E-state index in [0.717, 1.165) is 11.1 Å². The Morgan fingerprint density at radius 3 is 1.33 bits per heavy atom. The van der Waals surface area contributed by atoms with Crippen LogP contribution in [0.3, 0.4) is 0 Å². The highest BCUT2D eigenvalue weighted by molar-refractivity contribution is 5.98. The normalized spacial score (nSPS) is 10.1. The van der Waals surface area contributed by atoms with Gasteiger partial charge in [-0.1, -0.05) is 24.3 Å². The third-order valence-corrected chi connectivity index (χ3v) is 4.76. The Hall–Kier alpha value is -4.86. The van der Waals surface area contributed by atoms with Gasteiger partial charge in [-0.15, -0.1) is 0 Å². The number of hydrogen-bond donors (Lipinski definition) is 4. The van der Waals surface area contributed by atoms with Gasteiger partial charge in [0.05, 0.1) is 0 Å². The van der Waals surface area contributed by atoms with Gasteiger partial charge in [0.2, 0.25) is 0 Å². The lowest BCUT2D eigenvalue weighted by Gasteiger charge is -2.10. The van der Waals surface area contributed by atoms with Crippen molar-refractivity contribution in [2.24, 2.45) is 0 Å². The van der Waals surface area contributed by atoms with Crippen LogP contribution in [0, 0.1) is 13.8 Å². The summed E-state index contributed by atoms with van der Waals surface area (Å²) in [7, 11) is 0. The SMILES string of the molecule is Cc1cccc(OCC(=O)NNC(=O)c2ccc(C(=O)NNC(=O)COc3cccc(C)c3)cc2)c1. The molecule has 186 valence electrons. The first-order valence-electron chi connectivity index (χ1n) is 11.0. The highest BCUT2D eigenvalue weighted by atomic mass is 16.5. The number of hydrogen-bond acceptors (Lipinski definition) is 6. The maximum atomic E-state index is 12.2. The first kappa shape index (κ1) is 25.8. The molecule has 0 fully saturated rings. The van der Waals surface area contributed by atoms with Crippen LogP contribution in [-0.2, 0) is 9.59 Å². The summed E-state index contributed by atoms with van der Waals surface area (Å²) < 4.78 is 10.7. The van der Waals surface area contributed by atoms with Crippen LogP contribution < -0.4 is 31.2 Å². The van der Waals surface area contributed by atoms with Crippen molar-refractivity contribution < 1.29 is 28.7 Å². The molecule has 36 heavy (non-hydrogen) atoms. The van der Waals surface area contributed by atoms with E-state index in [0.29, 0.717) is 11.5 Å². The van der Waals surface area contributed by atoms with Crippen molar-refractivity contribution in [3.05, 3.63) is 95.1 Å². The van der Waals surface area contributed by atoms with Crippen molar-refractivity contribution in [1.82, 2.24) is 21.7 Å². The fourth-order valence-electron chi connectivity index (χ4n) is 2.95. The van der Waals surface area contributed by atoms with Crippen molar-refractivity contribution in [3.63, 3.8) is 0 Å². The van der Waals surface area contributed by atoms with Gasteiger partial charge in [-0.05, 0) is 73.5 Å². The molecule has 10 heteroatoms. The van der Waals surface area contributed by atoms with Gasteiger partial charge in [0.1, 0.15) is 11.5 Å². The molecule has 0 atom stereocenters. The monoisotopic (exact) mass is 490 g/mol. The molecule has 0 unspecified atom stereocenters. The van der Waals surface area contributed by atoms with E-state index >= 15 is 0 Å². The van der Waals surface area contributed by atoms with Crippen LogP contribution >= 0.6 is 0 Å². The van der Waals surface area contributed by atoms with Gasteiger partial charge in [-0.2, -0.15) is 0 Å². The molecule has 0 radical (unpaired) electrons. The van der Waals surface area contributed by atoms with Gasteiger partial charge >= 0.3 is 0 Å². The zero-order chi connectivity index (χ0) is 25.9. The maximum absolute atomic E-state index is 12.2. The molecule has 0 saturated heterocycles. The van der Waals surface area contributed by atoms with E-state index < -0.39 is 23.6 Å². The third-order valence-electron chi connectivity index (χ3n) is 4.76. The number of ether oxygens (including phenoxy) is 2. The smallest absolute Gasteiger partial charge is 0.276 e. The molecule has 3 rings (SSSR count). The number of benzene rings is 3. The van der Waals surface area contributed by atoms with Crippen LogP contribution in [0.1, 0.15) is 31.8 Å². The van der Waals surface area contributed by atoms with E-state index in [1.165, 1.54) is 24.3 Å². The summed E-state index contributed by atoms with van der Waals surface area (Å²) in [4.78, 5) is 48.3. The van der Waals surface area contributed by atoms with Gasteiger partial charge in [0.15, 0.2) is 13.2 Å². The Bertz CT molecular complexity index is 1150. The summed E-state index contributed by atoms with van der Waals surface area (Å²) in [6.07, 6.45) is 0. The summed E-state index contributed by atoms with van der Waals surface area (Å²) in [6, 6.07) is 20.1. The summed E-state index contributed by atoms with van der Waals surface area (Å²) in [5.41, 5.74) is 11.5. The van der Waals surface area contributed by atoms with Crippen molar-refractivity contribution in [2.45, 2.75) is 13.8 Å². The average Bonchev–Trinajstić information content (AvgIpc) is 2.88. The third kappa shape index (κ3) is 8.17. The molecular formula is C26H26N4O6. The number of carbonyl (C=O) groups excluding carboxylic acids is 4. The lowest BCUT2D eigenvalue weighted by molar-refractivity contribution is -0.124. The van der Waals surface area contributed by atoms with Gasteiger partial charge in [-0.25, -0.2) is 0 Å². The molecule has 4 amide bonds. The number of carbonyl (C=O) groups is 4. The second-order valence-electron chi connectivity index (χ2n) is 7.79. The Balaban J connectivity index is 1.38. The standard InChI is InChI=1S/C26H26N4O6/c1-17-5-3-7-21(13-17)35-15-23(31)27-29-25(33)19-9-11-20(12-10-19)26(34)30-28-24(32)16-36-22-8-4-6-18(2)14-22/h3-14H,15-16H2,1-2H3,(H,27,31)(H,28,32)(H,29,33)(H,30,34). The predicted molar refractivity (Wildman–Crippen MR) is 131 cm³/mol. The molecule has 0 aliphatic heterocycles. The molecule has 3 aromatic carbocycles. The van der Waals surface area contributed by atoms with E-state index in [-0.39, 0.29) is 24.3 Å². The van der Waals surface area contributed by atoms with Gasteiger partial charge in [0.25, 0.3) is 23.6 Å². The summed E-state index contributed by atoms with van der Waals surface area (Å²) in [6.45, 7) is 3.26. The van der Waals surface area contributed by atoms with Crippen molar-refractivity contribution in [3.8, 4) is 11.5 Å². The number of rotatable bonds is 8. The van der Waals surface area contributed by atoms with Crippen LogP contribution in [0.4, 0.5) is 0 Å². The van der Waals surface area contributed by atoms with Crippen LogP contribution in [-0.4, -0.2) is 36.8 Å². The van der Waals surface area contributed by atoms with E-state index in [4.69, 9.17) is 9.47 Å². The summed E-state index contributed by atoms with van der Waals surface area (Å²) in [5.74, 6) is -1.15. The fraction of sp³-hybridized carbons (Fsp3) is 0.154. The van der Waals surface area contributed by atoms with E-state index in [2.05, 4.69) is 21.7 Å². The van der Waals surface area contributed by atoms with Crippen molar-refractivity contribution >= 4 is 23.6 Å². The molecule has 0 heterocycles. The summed E-state index contributed by atoms with van der Waals surface area (Å²) >= 11 is 0. The second-order valence-corrected chi connectivity index (χ2v) is 7.79. The highest BCUT2D eigenvalue weighted by Gasteiger charge is 2.11. The minimum Gasteiger partial charge on any atom is -0.484 e. The predicted octanol–water partition coefficient (Wildman–Crippen LogP) is 1.98. The molecule has 0 aromatic heterocycles. The van der Waals surface area contributed by atoms with E-state index in [1.807, 2.05) is 38.1 Å². The molecule has 10 nitrogen and oxygen atoms in total. The largest absolute Gasteiger partial charge is 0.484 e. The Morgan fingerprint density at radius 2 is 0.972 bits per heavy atom. The Kier molecular flexibility index (Phi) is 8.99. The molecule has 0 bridgehead atoms. The fourth-order valence-corrected chi connectivity index (χ4v) is 2.95. The van der Waals surface area contributed by atoms with Crippen molar-refractivity contribution in [2.75, 3.05) is 13.2 Å². The van der Waals surface area contributed by atoms with Crippen LogP contribution in [0.25, 0.3) is 0 Å².